The fraction of sp³-hybridized carbons (Fsp3) is 0.455. The molecule has 2 rings (SSSR count). The van der Waals surface area contributed by atoms with E-state index in [-0.39, 0.29) is 0 Å². The van der Waals surface area contributed by atoms with Crippen molar-refractivity contribution >= 4 is 11.2 Å². The molecule has 0 saturated carbocycles. The summed E-state index contributed by atoms with van der Waals surface area (Å²) in [7, 11) is 0. The zero-order valence-corrected chi connectivity index (χ0v) is 8.67. The summed E-state index contributed by atoms with van der Waals surface area (Å²) < 4.78 is 0. The Kier molecular flexibility index (Phi) is 2.48. The van der Waals surface area contributed by atoms with E-state index >= 15 is 0 Å². The number of imidazole rings is 1. The van der Waals surface area contributed by atoms with Gasteiger partial charge in [0.2, 0.25) is 0 Å². The van der Waals surface area contributed by atoms with Crippen molar-refractivity contribution < 1.29 is 0 Å². The summed E-state index contributed by atoms with van der Waals surface area (Å²) in [6.07, 6.45) is 5.25. The first kappa shape index (κ1) is 9.19. The average molecular weight is 189 g/mol. The van der Waals surface area contributed by atoms with Crippen LogP contribution < -0.4 is 0 Å². The summed E-state index contributed by atoms with van der Waals surface area (Å²) in [6, 6.07) is 2.09. The summed E-state index contributed by atoms with van der Waals surface area (Å²) in [5.74, 6) is 1.06. The molecule has 0 bridgehead atoms. The van der Waals surface area contributed by atoms with E-state index in [1.807, 2.05) is 13.1 Å². The highest BCUT2D eigenvalue weighted by Gasteiger charge is 2.02. The lowest BCUT2D eigenvalue weighted by atomic mass is 10.2. The summed E-state index contributed by atoms with van der Waals surface area (Å²) >= 11 is 0. The molecule has 74 valence electrons. The molecular formula is C11H15N3. The largest absolute Gasteiger partial charge is 0.341 e. The quantitative estimate of drug-likeness (QED) is 0.806. The van der Waals surface area contributed by atoms with E-state index in [1.54, 1.807) is 0 Å². The van der Waals surface area contributed by atoms with E-state index < -0.39 is 0 Å². The van der Waals surface area contributed by atoms with E-state index in [0.717, 1.165) is 23.4 Å². The van der Waals surface area contributed by atoms with Crippen molar-refractivity contribution in [2.24, 2.45) is 0 Å². The van der Waals surface area contributed by atoms with Gasteiger partial charge >= 0.3 is 0 Å². The monoisotopic (exact) mass is 189 g/mol. The van der Waals surface area contributed by atoms with Crippen molar-refractivity contribution in [3.05, 3.63) is 23.7 Å². The third kappa shape index (κ3) is 1.76. The first-order chi connectivity index (χ1) is 6.79. The van der Waals surface area contributed by atoms with Crippen LogP contribution in [0.4, 0.5) is 0 Å². The molecule has 0 amide bonds. The standard InChI is InChI=1S/C11H15N3/c1-3-4-5-10-13-9-6-8(2)7-12-11(9)14-10/h6-7H,3-5H2,1-2H3,(H,12,13,14). The van der Waals surface area contributed by atoms with Gasteiger partial charge in [-0.05, 0) is 25.0 Å². The normalized spacial score (nSPS) is 11.0. The molecule has 0 radical (unpaired) electrons. The second-order valence-electron chi connectivity index (χ2n) is 3.67. The Labute approximate surface area is 83.6 Å². The van der Waals surface area contributed by atoms with Gasteiger partial charge in [-0.1, -0.05) is 13.3 Å². The Balaban J connectivity index is 2.32. The maximum Gasteiger partial charge on any atom is 0.177 e. The molecule has 0 spiro atoms. The average Bonchev–Trinajstić information content (AvgIpc) is 2.56. The molecule has 0 aromatic carbocycles. The van der Waals surface area contributed by atoms with Crippen LogP contribution in [-0.4, -0.2) is 15.0 Å². The molecule has 3 heteroatoms. The molecule has 2 aromatic heterocycles. The van der Waals surface area contributed by atoms with Crippen molar-refractivity contribution in [3.63, 3.8) is 0 Å². The first-order valence-corrected chi connectivity index (χ1v) is 5.11. The Morgan fingerprint density at radius 1 is 1.43 bits per heavy atom. The van der Waals surface area contributed by atoms with Gasteiger partial charge in [0, 0.05) is 12.6 Å². The van der Waals surface area contributed by atoms with E-state index in [1.165, 1.54) is 18.4 Å². The minimum atomic E-state index is 0.835. The SMILES string of the molecule is CCCCc1nc2ncc(C)cc2[nH]1. The summed E-state index contributed by atoms with van der Waals surface area (Å²) in [5.41, 5.74) is 3.06. The Morgan fingerprint density at radius 2 is 2.29 bits per heavy atom. The van der Waals surface area contributed by atoms with Crippen LogP contribution >= 0.6 is 0 Å². The van der Waals surface area contributed by atoms with Gasteiger partial charge in [0.05, 0.1) is 5.52 Å². The number of H-pyrrole nitrogens is 1. The molecule has 0 aliphatic heterocycles. The third-order valence-electron chi connectivity index (χ3n) is 2.29. The molecule has 0 aliphatic rings. The third-order valence-corrected chi connectivity index (χ3v) is 2.29. The van der Waals surface area contributed by atoms with Crippen molar-refractivity contribution in [2.45, 2.75) is 33.1 Å². The number of rotatable bonds is 3. The van der Waals surface area contributed by atoms with E-state index in [2.05, 4.69) is 27.9 Å². The minimum Gasteiger partial charge on any atom is -0.341 e. The molecule has 1 N–H and O–H groups in total. The zero-order valence-electron chi connectivity index (χ0n) is 8.67. The van der Waals surface area contributed by atoms with Crippen molar-refractivity contribution in [2.75, 3.05) is 0 Å². The lowest BCUT2D eigenvalue weighted by Gasteiger charge is -1.90. The van der Waals surface area contributed by atoms with Gasteiger partial charge in [0.25, 0.3) is 0 Å². The van der Waals surface area contributed by atoms with Crippen LogP contribution in [0.1, 0.15) is 31.2 Å². The number of unbranched alkanes of at least 4 members (excludes halogenated alkanes) is 1. The number of nitrogens with one attached hydrogen (secondary N) is 1. The van der Waals surface area contributed by atoms with Crippen LogP contribution in [0.3, 0.4) is 0 Å². The van der Waals surface area contributed by atoms with Gasteiger partial charge in [-0.2, -0.15) is 0 Å². The molecule has 0 fully saturated rings. The van der Waals surface area contributed by atoms with Gasteiger partial charge in [-0.15, -0.1) is 0 Å². The number of hydrogen-bond acceptors (Lipinski definition) is 2. The summed E-state index contributed by atoms with van der Waals surface area (Å²) in [5, 5.41) is 0. The highest BCUT2D eigenvalue weighted by atomic mass is 15.0. The minimum absolute atomic E-state index is 0.835. The number of aromatic nitrogens is 3. The number of fused-ring (bicyclic) bond motifs is 1. The number of aryl methyl sites for hydroxylation is 2. The number of pyridine rings is 1. The Morgan fingerprint density at radius 3 is 3.07 bits per heavy atom. The number of nitrogens with zero attached hydrogens (tertiary/aromatic N) is 2. The van der Waals surface area contributed by atoms with Crippen molar-refractivity contribution in [1.82, 2.24) is 15.0 Å². The predicted molar refractivity (Wildman–Crippen MR) is 57.2 cm³/mol. The lowest BCUT2D eigenvalue weighted by Crippen LogP contribution is -1.86. The van der Waals surface area contributed by atoms with Crippen LogP contribution in [0.2, 0.25) is 0 Å². The Bertz CT molecular complexity index is 431. The van der Waals surface area contributed by atoms with Gasteiger partial charge in [-0.3, -0.25) is 0 Å². The molecule has 0 saturated heterocycles. The van der Waals surface area contributed by atoms with Gasteiger partial charge in [0.1, 0.15) is 5.82 Å². The highest BCUT2D eigenvalue weighted by Crippen LogP contribution is 2.11. The molecule has 14 heavy (non-hydrogen) atoms. The molecule has 2 heterocycles. The van der Waals surface area contributed by atoms with E-state index in [9.17, 15) is 0 Å². The van der Waals surface area contributed by atoms with Crippen LogP contribution in [0, 0.1) is 6.92 Å². The molecular weight excluding hydrogens is 174 g/mol. The topological polar surface area (TPSA) is 41.6 Å². The van der Waals surface area contributed by atoms with Gasteiger partial charge in [-0.25, -0.2) is 9.97 Å². The maximum absolute atomic E-state index is 4.42. The number of aromatic amines is 1. The first-order valence-electron chi connectivity index (χ1n) is 5.11. The van der Waals surface area contributed by atoms with Crippen LogP contribution in [0.25, 0.3) is 11.2 Å². The number of hydrogen-bond donors (Lipinski definition) is 1. The fourth-order valence-corrected chi connectivity index (χ4v) is 1.52. The lowest BCUT2D eigenvalue weighted by molar-refractivity contribution is 0.764. The summed E-state index contributed by atoms with van der Waals surface area (Å²) in [6.45, 7) is 4.23. The molecule has 0 atom stereocenters. The highest BCUT2D eigenvalue weighted by molar-refractivity contribution is 5.70. The predicted octanol–water partition coefficient (Wildman–Crippen LogP) is 2.61. The molecule has 3 nitrogen and oxygen atoms in total. The zero-order chi connectivity index (χ0) is 9.97. The van der Waals surface area contributed by atoms with Crippen LogP contribution in [-0.2, 0) is 6.42 Å². The smallest absolute Gasteiger partial charge is 0.177 e. The van der Waals surface area contributed by atoms with E-state index in [0.29, 0.717) is 0 Å². The van der Waals surface area contributed by atoms with Crippen LogP contribution in [0.15, 0.2) is 12.3 Å². The van der Waals surface area contributed by atoms with E-state index in [4.69, 9.17) is 0 Å². The fourth-order valence-electron chi connectivity index (χ4n) is 1.52. The Hall–Kier alpha value is -1.38. The molecule has 0 unspecified atom stereocenters. The molecule has 2 aromatic rings. The second kappa shape index (κ2) is 3.78. The van der Waals surface area contributed by atoms with Crippen molar-refractivity contribution in [1.29, 1.82) is 0 Å². The van der Waals surface area contributed by atoms with Gasteiger partial charge in [0.15, 0.2) is 5.65 Å². The maximum atomic E-state index is 4.42. The summed E-state index contributed by atoms with van der Waals surface area (Å²) in [4.78, 5) is 12.0. The van der Waals surface area contributed by atoms with Crippen LogP contribution in [0.5, 0.6) is 0 Å². The van der Waals surface area contributed by atoms with Crippen molar-refractivity contribution in [3.8, 4) is 0 Å². The van der Waals surface area contributed by atoms with Gasteiger partial charge < -0.3 is 4.98 Å². The second-order valence-corrected chi connectivity index (χ2v) is 3.67. The molecule has 0 aliphatic carbocycles.